The fraction of sp³-hybridized carbons (Fsp3) is 0.533. The lowest BCUT2D eigenvalue weighted by molar-refractivity contribution is -0.135. The molecule has 1 saturated heterocycles. The Labute approximate surface area is 119 Å². The first-order valence-corrected chi connectivity index (χ1v) is 6.95. The Morgan fingerprint density at radius 1 is 1.55 bits per heavy atom. The van der Waals surface area contributed by atoms with Gasteiger partial charge in [-0.3, -0.25) is 4.79 Å². The van der Waals surface area contributed by atoms with Crippen LogP contribution in [-0.4, -0.2) is 48.8 Å². The van der Waals surface area contributed by atoms with E-state index in [2.05, 4.69) is 5.32 Å². The number of phenolic OH excluding ortho intramolecular Hbond substituents is 1. The summed E-state index contributed by atoms with van der Waals surface area (Å²) < 4.78 is 5.55. The van der Waals surface area contributed by atoms with Gasteiger partial charge in [0.1, 0.15) is 5.75 Å². The molecule has 0 aromatic heterocycles. The molecule has 2 N–H and O–H groups in total. The van der Waals surface area contributed by atoms with Gasteiger partial charge in [-0.05, 0) is 13.0 Å². The highest BCUT2D eigenvalue weighted by molar-refractivity contribution is 5.77. The quantitative estimate of drug-likeness (QED) is 0.871. The largest absolute Gasteiger partial charge is 0.508 e. The average molecular weight is 278 g/mol. The van der Waals surface area contributed by atoms with Crippen molar-refractivity contribution in [1.82, 2.24) is 10.2 Å². The van der Waals surface area contributed by atoms with E-state index >= 15 is 0 Å². The lowest BCUT2D eigenvalue weighted by Gasteiger charge is -2.29. The number of hydrogen-bond acceptors (Lipinski definition) is 4. The first-order chi connectivity index (χ1) is 9.59. The van der Waals surface area contributed by atoms with Gasteiger partial charge in [-0.15, -0.1) is 0 Å². The van der Waals surface area contributed by atoms with Gasteiger partial charge < -0.3 is 20.1 Å². The predicted molar refractivity (Wildman–Crippen MR) is 76.5 cm³/mol. The molecule has 0 radical (unpaired) electrons. The van der Waals surface area contributed by atoms with Crippen molar-refractivity contribution in [3.63, 3.8) is 0 Å². The molecule has 0 spiro atoms. The molecule has 1 aliphatic rings. The second kappa shape index (κ2) is 6.72. The number of para-hydroxylation sites is 1. The molecular formula is C15H22N2O3. The normalized spacial score (nSPS) is 20.4. The Kier molecular flexibility index (Phi) is 4.98. The Morgan fingerprint density at radius 2 is 2.30 bits per heavy atom. The van der Waals surface area contributed by atoms with E-state index in [1.54, 1.807) is 24.1 Å². The zero-order valence-corrected chi connectivity index (χ0v) is 12.0. The maximum Gasteiger partial charge on any atom is 0.225 e. The standard InChI is InChI=1S/C15H22N2O3/c1-11(13-5-3-4-6-14(13)18)17(2)15(19)9-12-10-16-7-8-20-12/h3-6,11-12,16,18H,7-10H2,1-2H3. The van der Waals surface area contributed by atoms with Crippen molar-refractivity contribution in [2.24, 2.45) is 0 Å². The summed E-state index contributed by atoms with van der Waals surface area (Å²) in [7, 11) is 1.76. The molecule has 0 bridgehead atoms. The van der Waals surface area contributed by atoms with Crippen LogP contribution in [0.25, 0.3) is 0 Å². The van der Waals surface area contributed by atoms with E-state index in [0.717, 1.165) is 12.1 Å². The molecule has 1 aromatic rings. The highest BCUT2D eigenvalue weighted by Crippen LogP contribution is 2.27. The third kappa shape index (κ3) is 3.49. The first-order valence-electron chi connectivity index (χ1n) is 6.95. The average Bonchev–Trinajstić information content (AvgIpc) is 2.47. The number of carbonyl (C=O) groups excluding carboxylic acids is 1. The molecule has 1 amide bonds. The van der Waals surface area contributed by atoms with E-state index in [0.29, 0.717) is 19.6 Å². The molecule has 2 unspecified atom stereocenters. The van der Waals surface area contributed by atoms with E-state index in [1.165, 1.54) is 0 Å². The van der Waals surface area contributed by atoms with Crippen LogP contribution in [-0.2, 0) is 9.53 Å². The Morgan fingerprint density at radius 3 is 2.95 bits per heavy atom. The highest BCUT2D eigenvalue weighted by atomic mass is 16.5. The fourth-order valence-electron chi connectivity index (χ4n) is 2.36. The van der Waals surface area contributed by atoms with Crippen LogP contribution in [0.15, 0.2) is 24.3 Å². The molecule has 5 nitrogen and oxygen atoms in total. The summed E-state index contributed by atoms with van der Waals surface area (Å²) in [6.45, 7) is 4.11. The minimum absolute atomic E-state index is 0.0226. The summed E-state index contributed by atoms with van der Waals surface area (Å²) >= 11 is 0. The lowest BCUT2D eigenvalue weighted by Crippen LogP contribution is -2.42. The van der Waals surface area contributed by atoms with Gasteiger partial charge in [0, 0.05) is 25.7 Å². The lowest BCUT2D eigenvalue weighted by atomic mass is 10.1. The Bertz CT molecular complexity index is 458. The smallest absolute Gasteiger partial charge is 0.225 e. The van der Waals surface area contributed by atoms with E-state index in [1.807, 2.05) is 19.1 Å². The first kappa shape index (κ1) is 14.8. The summed E-state index contributed by atoms with van der Waals surface area (Å²) in [6.07, 6.45) is 0.303. The number of carbonyl (C=O) groups is 1. The number of morpholine rings is 1. The van der Waals surface area contributed by atoms with Crippen molar-refractivity contribution in [2.45, 2.75) is 25.5 Å². The van der Waals surface area contributed by atoms with Gasteiger partial charge in [-0.25, -0.2) is 0 Å². The number of nitrogens with one attached hydrogen (secondary N) is 1. The second-order valence-corrected chi connectivity index (χ2v) is 5.14. The van der Waals surface area contributed by atoms with Crippen molar-refractivity contribution in [3.05, 3.63) is 29.8 Å². The zero-order chi connectivity index (χ0) is 14.5. The van der Waals surface area contributed by atoms with Gasteiger partial charge >= 0.3 is 0 Å². The fourth-order valence-corrected chi connectivity index (χ4v) is 2.36. The molecule has 0 aliphatic carbocycles. The highest BCUT2D eigenvalue weighted by Gasteiger charge is 2.24. The van der Waals surface area contributed by atoms with Gasteiger partial charge in [-0.2, -0.15) is 0 Å². The number of aromatic hydroxyl groups is 1. The number of phenols is 1. The van der Waals surface area contributed by atoms with Gasteiger partial charge in [0.25, 0.3) is 0 Å². The van der Waals surface area contributed by atoms with Crippen LogP contribution < -0.4 is 5.32 Å². The van der Waals surface area contributed by atoms with Crippen LogP contribution in [0.5, 0.6) is 5.75 Å². The molecule has 2 rings (SSSR count). The van der Waals surface area contributed by atoms with Crippen molar-refractivity contribution in [3.8, 4) is 5.75 Å². The van der Waals surface area contributed by atoms with E-state index in [9.17, 15) is 9.90 Å². The molecule has 5 heteroatoms. The molecule has 20 heavy (non-hydrogen) atoms. The van der Waals surface area contributed by atoms with E-state index < -0.39 is 0 Å². The van der Waals surface area contributed by atoms with Crippen molar-refractivity contribution in [1.29, 1.82) is 0 Å². The third-order valence-electron chi connectivity index (χ3n) is 3.77. The maximum atomic E-state index is 12.3. The maximum absolute atomic E-state index is 12.3. The van der Waals surface area contributed by atoms with Gasteiger partial charge in [0.2, 0.25) is 5.91 Å². The van der Waals surface area contributed by atoms with Crippen LogP contribution in [0, 0.1) is 0 Å². The SMILES string of the molecule is CC(c1ccccc1O)N(C)C(=O)CC1CNCCO1. The number of amides is 1. The summed E-state index contributed by atoms with van der Waals surface area (Å²) in [5, 5.41) is 13.1. The van der Waals surface area contributed by atoms with Gasteiger partial charge in [0.05, 0.1) is 25.2 Å². The number of hydrogen-bond donors (Lipinski definition) is 2. The summed E-state index contributed by atoms with van der Waals surface area (Å²) in [5.74, 6) is 0.240. The zero-order valence-electron chi connectivity index (χ0n) is 12.0. The topological polar surface area (TPSA) is 61.8 Å². The van der Waals surface area contributed by atoms with Crippen LogP contribution >= 0.6 is 0 Å². The molecule has 1 aromatic carbocycles. The Balaban J connectivity index is 1.97. The Hall–Kier alpha value is -1.59. The molecule has 1 fully saturated rings. The summed E-state index contributed by atoms with van der Waals surface area (Å²) in [4.78, 5) is 13.9. The monoisotopic (exact) mass is 278 g/mol. The minimum atomic E-state index is -0.166. The summed E-state index contributed by atoms with van der Waals surface area (Å²) in [6, 6.07) is 6.94. The van der Waals surface area contributed by atoms with Crippen LogP contribution in [0.4, 0.5) is 0 Å². The number of ether oxygens (including phenoxy) is 1. The predicted octanol–water partition coefficient (Wildman–Crippen LogP) is 1.29. The van der Waals surface area contributed by atoms with Gasteiger partial charge in [0.15, 0.2) is 0 Å². The second-order valence-electron chi connectivity index (χ2n) is 5.14. The molecule has 110 valence electrons. The van der Waals surface area contributed by atoms with E-state index in [-0.39, 0.29) is 23.8 Å². The van der Waals surface area contributed by atoms with E-state index in [4.69, 9.17) is 4.74 Å². The molecular weight excluding hydrogens is 256 g/mol. The number of rotatable bonds is 4. The van der Waals surface area contributed by atoms with Gasteiger partial charge in [-0.1, -0.05) is 18.2 Å². The molecule has 2 atom stereocenters. The van der Waals surface area contributed by atoms with Crippen LogP contribution in [0.1, 0.15) is 24.9 Å². The van der Waals surface area contributed by atoms with Crippen LogP contribution in [0.2, 0.25) is 0 Å². The van der Waals surface area contributed by atoms with Crippen molar-refractivity contribution in [2.75, 3.05) is 26.7 Å². The molecule has 0 saturated carbocycles. The minimum Gasteiger partial charge on any atom is -0.508 e. The number of nitrogens with zero attached hydrogens (tertiary/aromatic N) is 1. The molecule has 1 aliphatic heterocycles. The number of benzene rings is 1. The van der Waals surface area contributed by atoms with Crippen molar-refractivity contribution < 1.29 is 14.6 Å². The van der Waals surface area contributed by atoms with Crippen LogP contribution in [0.3, 0.4) is 0 Å². The third-order valence-corrected chi connectivity index (χ3v) is 3.77. The summed E-state index contributed by atoms with van der Waals surface area (Å²) in [5.41, 5.74) is 0.756. The van der Waals surface area contributed by atoms with Crippen molar-refractivity contribution >= 4 is 5.91 Å². The molecule has 1 heterocycles.